The summed E-state index contributed by atoms with van der Waals surface area (Å²) in [5.74, 6) is 3.63. The minimum Gasteiger partial charge on any atom is -0.303 e. The van der Waals surface area contributed by atoms with Gasteiger partial charge >= 0.3 is 0 Å². The fourth-order valence-electron chi connectivity index (χ4n) is 4.36. The molecule has 0 N–H and O–H groups in total. The Balaban J connectivity index is 1.78. The van der Waals surface area contributed by atoms with Gasteiger partial charge in [-0.25, -0.2) is 0 Å². The molecule has 2 heterocycles. The molecule has 2 fully saturated rings. The Hall–Kier alpha value is -0.0800. The number of rotatable bonds is 4. The van der Waals surface area contributed by atoms with Gasteiger partial charge in [0.25, 0.3) is 0 Å². The monoisotopic (exact) mass is 266 g/mol. The Morgan fingerprint density at radius 3 is 2.47 bits per heavy atom. The Labute approximate surface area is 120 Å². The molecule has 0 radical (unpaired) electrons. The van der Waals surface area contributed by atoms with Gasteiger partial charge in [0, 0.05) is 19.6 Å². The molecule has 2 nitrogen and oxygen atoms in total. The maximum Gasteiger partial charge on any atom is 0.00220 e. The maximum atomic E-state index is 2.76. The van der Waals surface area contributed by atoms with Crippen LogP contribution in [0.5, 0.6) is 0 Å². The van der Waals surface area contributed by atoms with E-state index in [9.17, 15) is 0 Å². The first-order chi connectivity index (χ1) is 9.10. The molecule has 0 amide bonds. The molecule has 0 bridgehead atoms. The normalized spacial score (nSPS) is 34.9. The van der Waals surface area contributed by atoms with Gasteiger partial charge in [-0.2, -0.15) is 0 Å². The van der Waals surface area contributed by atoms with Crippen molar-refractivity contribution in [1.82, 2.24) is 9.80 Å². The van der Waals surface area contributed by atoms with Crippen molar-refractivity contribution in [1.29, 1.82) is 0 Å². The van der Waals surface area contributed by atoms with Crippen molar-refractivity contribution in [3.8, 4) is 0 Å². The SMILES string of the molecule is CCN1CCCC(CN2CCC(C(C)C)C(C)C2)C1. The van der Waals surface area contributed by atoms with Crippen molar-refractivity contribution in [2.75, 3.05) is 39.3 Å². The molecule has 0 aromatic rings. The summed E-state index contributed by atoms with van der Waals surface area (Å²) in [4.78, 5) is 5.39. The largest absolute Gasteiger partial charge is 0.303 e. The zero-order valence-electron chi connectivity index (χ0n) is 13.6. The third kappa shape index (κ3) is 4.19. The molecule has 2 saturated heterocycles. The molecule has 0 aliphatic carbocycles. The first kappa shape index (κ1) is 15.3. The lowest BCUT2D eigenvalue weighted by Gasteiger charge is -2.41. The molecular formula is C17H34N2. The molecule has 0 saturated carbocycles. The molecule has 0 aromatic heterocycles. The third-order valence-corrected chi connectivity index (χ3v) is 5.48. The Morgan fingerprint density at radius 1 is 1.05 bits per heavy atom. The van der Waals surface area contributed by atoms with Gasteiger partial charge in [-0.15, -0.1) is 0 Å². The lowest BCUT2D eigenvalue weighted by molar-refractivity contribution is 0.0705. The fourth-order valence-corrected chi connectivity index (χ4v) is 4.36. The Morgan fingerprint density at radius 2 is 1.84 bits per heavy atom. The van der Waals surface area contributed by atoms with Crippen LogP contribution in [0.25, 0.3) is 0 Å². The number of hydrogen-bond donors (Lipinski definition) is 0. The zero-order valence-corrected chi connectivity index (χ0v) is 13.6. The molecule has 2 aliphatic rings. The number of hydrogen-bond acceptors (Lipinski definition) is 2. The minimum absolute atomic E-state index is 0.863. The van der Waals surface area contributed by atoms with Crippen LogP contribution in [0.15, 0.2) is 0 Å². The van der Waals surface area contributed by atoms with Crippen LogP contribution in [0.2, 0.25) is 0 Å². The first-order valence-electron chi connectivity index (χ1n) is 8.54. The maximum absolute atomic E-state index is 2.76. The van der Waals surface area contributed by atoms with E-state index >= 15 is 0 Å². The van der Waals surface area contributed by atoms with E-state index in [-0.39, 0.29) is 0 Å². The van der Waals surface area contributed by atoms with Crippen LogP contribution in [0.4, 0.5) is 0 Å². The van der Waals surface area contributed by atoms with Crippen molar-refractivity contribution >= 4 is 0 Å². The highest BCUT2D eigenvalue weighted by Gasteiger charge is 2.29. The Kier molecular flexibility index (Phi) is 5.70. The van der Waals surface area contributed by atoms with Gasteiger partial charge in [0.1, 0.15) is 0 Å². The van der Waals surface area contributed by atoms with Gasteiger partial charge in [0.15, 0.2) is 0 Å². The summed E-state index contributed by atoms with van der Waals surface area (Å²) in [6.45, 7) is 17.5. The van der Waals surface area contributed by atoms with Gasteiger partial charge in [-0.3, -0.25) is 0 Å². The summed E-state index contributed by atoms with van der Waals surface area (Å²) in [6, 6.07) is 0. The lowest BCUT2D eigenvalue weighted by atomic mass is 9.79. The zero-order chi connectivity index (χ0) is 13.8. The first-order valence-corrected chi connectivity index (χ1v) is 8.54. The van der Waals surface area contributed by atoms with Crippen LogP contribution in [0.3, 0.4) is 0 Å². The van der Waals surface area contributed by atoms with E-state index in [1.54, 1.807) is 0 Å². The van der Waals surface area contributed by atoms with Crippen molar-refractivity contribution in [2.45, 2.75) is 47.0 Å². The summed E-state index contributed by atoms with van der Waals surface area (Å²) in [5.41, 5.74) is 0. The highest BCUT2D eigenvalue weighted by Crippen LogP contribution is 2.30. The van der Waals surface area contributed by atoms with Crippen LogP contribution in [-0.2, 0) is 0 Å². The fraction of sp³-hybridized carbons (Fsp3) is 1.00. The number of likely N-dealkylation sites (tertiary alicyclic amines) is 2. The lowest BCUT2D eigenvalue weighted by Crippen LogP contribution is -2.46. The van der Waals surface area contributed by atoms with Crippen molar-refractivity contribution < 1.29 is 0 Å². The molecule has 0 aromatic carbocycles. The summed E-state index contributed by atoms with van der Waals surface area (Å²) in [6.07, 6.45) is 4.29. The van der Waals surface area contributed by atoms with E-state index in [0.29, 0.717) is 0 Å². The molecule has 3 unspecified atom stereocenters. The number of piperidine rings is 2. The highest BCUT2D eigenvalue weighted by molar-refractivity contribution is 4.82. The molecule has 19 heavy (non-hydrogen) atoms. The van der Waals surface area contributed by atoms with E-state index in [1.165, 1.54) is 58.5 Å². The van der Waals surface area contributed by atoms with Crippen LogP contribution < -0.4 is 0 Å². The van der Waals surface area contributed by atoms with Crippen molar-refractivity contribution in [2.24, 2.45) is 23.7 Å². The standard InChI is InChI=1S/C17H34N2/c1-5-18-9-6-7-16(12-18)13-19-10-8-17(14(2)3)15(4)11-19/h14-17H,5-13H2,1-4H3. The van der Waals surface area contributed by atoms with Crippen LogP contribution in [0.1, 0.15) is 47.0 Å². The van der Waals surface area contributed by atoms with Crippen molar-refractivity contribution in [3.63, 3.8) is 0 Å². The summed E-state index contributed by atoms with van der Waals surface area (Å²) >= 11 is 0. The predicted octanol–water partition coefficient (Wildman–Crippen LogP) is 3.33. The molecule has 2 aliphatic heterocycles. The quantitative estimate of drug-likeness (QED) is 0.770. The van der Waals surface area contributed by atoms with E-state index in [2.05, 4.69) is 37.5 Å². The van der Waals surface area contributed by atoms with Gasteiger partial charge in [-0.05, 0) is 62.6 Å². The average molecular weight is 266 g/mol. The molecule has 0 spiro atoms. The van der Waals surface area contributed by atoms with E-state index in [4.69, 9.17) is 0 Å². The average Bonchev–Trinajstić information content (AvgIpc) is 2.38. The van der Waals surface area contributed by atoms with Crippen molar-refractivity contribution in [3.05, 3.63) is 0 Å². The summed E-state index contributed by atoms with van der Waals surface area (Å²) in [7, 11) is 0. The van der Waals surface area contributed by atoms with E-state index < -0.39 is 0 Å². The summed E-state index contributed by atoms with van der Waals surface area (Å²) < 4.78 is 0. The predicted molar refractivity (Wildman–Crippen MR) is 83.4 cm³/mol. The third-order valence-electron chi connectivity index (χ3n) is 5.48. The number of nitrogens with zero attached hydrogens (tertiary/aromatic N) is 2. The van der Waals surface area contributed by atoms with Crippen LogP contribution in [0, 0.1) is 23.7 Å². The van der Waals surface area contributed by atoms with Gasteiger partial charge in [0.2, 0.25) is 0 Å². The van der Waals surface area contributed by atoms with Gasteiger partial charge in [0.05, 0.1) is 0 Å². The highest BCUT2D eigenvalue weighted by atomic mass is 15.2. The van der Waals surface area contributed by atoms with Gasteiger partial charge < -0.3 is 9.80 Å². The smallest absolute Gasteiger partial charge is 0.00220 e. The molecule has 3 atom stereocenters. The topological polar surface area (TPSA) is 6.48 Å². The second kappa shape index (κ2) is 7.08. The molecule has 2 heteroatoms. The van der Waals surface area contributed by atoms with Gasteiger partial charge in [-0.1, -0.05) is 27.7 Å². The van der Waals surface area contributed by atoms with E-state index in [0.717, 1.165) is 23.7 Å². The Bertz CT molecular complexity index is 264. The van der Waals surface area contributed by atoms with Crippen LogP contribution >= 0.6 is 0 Å². The second-order valence-electron chi connectivity index (χ2n) is 7.33. The molecular weight excluding hydrogens is 232 g/mol. The molecule has 112 valence electrons. The van der Waals surface area contributed by atoms with Crippen LogP contribution in [-0.4, -0.2) is 49.1 Å². The summed E-state index contributed by atoms with van der Waals surface area (Å²) in [5, 5.41) is 0. The van der Waals surface area contributed by atoms with E-state index in [1.807, 2.05) is 0 Å². The molecule has 2 rings (SSSR count). The second-order valence-corrected chi connectivity index (χ2v) is 7.33. The minimum atomic E-state index is 0.863.